The Morgan fingerprint density at radius 3 is 2.62 bits per heavy atom. The van der Waals surface area contributed by atoms with Gasteiger partial charge in [-0.3, -0.25) is 5.10 Å². The first-order chi connectivity index (χ1) is 6.29. The van der Waals surface area contributed by atoms with E-state index >= 15 is 0 Å². The second-order valence-corrected chi connectivity index (χ2v) is 3.38. The van der Waals surface area contributed by atoms with Gasteiger partial charge in [-0.1, -0.05) is 35.8 Å². The van der Waals surface area contributed by atoms with Gasteiger partial charge in [-0.2, -0.15) is 5.10 Å². The topological polar surface area (TPSA) is 28.7 Å². The lowest BCUT2D eigenvalue weighted by molar-refractivity contribution is 1.11. The number of aromatic nitrogens is 2. The second-order valence-electron chi connectivity index (χ2n) is 2.52. The molecular formula is C10H13BrN2. The molecule has 2 rings (SSSR count). The van der Waals surface area contributed by atoms with Crippen LogP contribution in [-0.4, -0.2) is 10.2 Å². The molecule has 0 spiro atoms. The van der Waals surface area contributed by atoms with Gasteiger partial charge in [0.2, 0.25) is 0 Å². The van der Waals surface area contributed by atoms with Gasteiger partial charge in [0.15, 0.2) is 0 Å². The summed E-state index contributed by atoms with van der Waals surface area (Å²) in [5.74, 6) is 0. The molecule has 2 nitrogen and oxygen atoms in total. The minimum Gasteiger partial charge on any atom is -0.278 e. The first kappa shape index (κ1) is 10.3. The monoisotopic (exact) mass is 240 g/mol. The number of nitrogens with zero attached hydrogens (tertiary/aromatic N) is 1. The zero-order valence-corrected chi connectivity index (χ0v) is 9.64. The Hall–Kier alpha value is -0.830. The molecule has 0 amide bonds. The van der Waals surface area contributed by atoms with Gasteiger partial charge in [0.25, 0.3) is 0 Å². The van der Waals surface area contributed by atoms with Gasteiger partial charge < -0.3 is 0 Å². The normalized spacial score (nSPS) is 9.54. The van der Waals surface area contributed by atoms with Crippen molar-refractivity contribution in [1.29, 1.82) is 0 Å². The van der Waals surface area contributed by atoms with Gasteiger partial charge in [-0.15, -0.1) is 0 Å². The maximum atomic E-state index is 3.97. The fourth-order valence-corrected chi connectivity index (χ4v) is 1.57. The van der Waals surface area contributed by atoms with E-state index in [0.717, 1.165) is 15.4 Å². The highest BCUT2D eigenvalue weighted by atomic mass is 79.9. The fourth-order valence-electron chi connectivity index (χ4n) is 1.14. The van der Waals surface area contributed by atoms with Crippen LogP contribution in [-0.2, 0) is 0 Å². The van der Waals surface area contributed by atoms with Crippen LogP contribution in [0.4, 0.5) is 0 Å². The summed E-state index contributed by atoms with van der Waals surface area (Å²) < 4.78 is 1.09. The Morgan fingerprint density at radius 2 is 2.00 bits per heavy atom. The zero-order chi connectivity index (χ0) is 9.84. The maximum absolute atomic E-state index is 3.97. The number of rotatable bonds is 0. The van der Waals surface area contributed by atoms with Crippen molar-refractivity contribution in [3.8, 4) is 0 Å². The summed E-state index contributed by atoms with van der Waals surface area (Å²) in [6, 6.07) is 4.10. The van der Waals surface area contributed by atoms with Crippen molar-refractivity contribution in [2.24, 2.45) is 0 Å². The number of halogens is 1. The average Bonchev–Trinajstić information content (AvgIpc) is 2.64. The number of hydrogen-bond donors (Lipinski definition) is 1. The number of aryl methyl sites for hydroxylation is 1. The molecule has 70 valence electrons. The smallest absolute Gasteiger partial charge is 0.0690 e. The van der Waals surface area contributed by atoms with Gasteiger partial charge in [0.1, 0.15) is 0 Å². The Balaban J connectivity index is 0.000000396. The number of fused-ring (bicyclic) bond motifs is 1. The van der Waals surface area contributed by atoms with E-state index in [2.05, 4.69) is 39.1 Å². The zero-order valence-electron chi connectivity index (χ0n) is 8.06. The van der Waals surface area contributed by atoms with Crippen molar-refractivity contribution in [2.45, 2.75) is 20.8 Å². The van der Waals surface area contributed by atoms with Gasteiger partial charge in [0.05, 0.1) is 11.7 Å². The standard InChI is InChI=1S/C8H7BrN2.C2H6/c1-5-2-3-7(9)6-4-10-11-8(5)6;1-2/h2-4H,1H3,(H,10,11);1-2H3. The largest absolute Gasteiger partial charge is 0.278 e. The lowest BCUT2D eigenvalue weighted by Crippen LogP contribution is -1.76. The summed E-state index contributed by atoms with van der Waals surface area (Å²) in [6.45, 7) is 6.06. The van der Waals surface area contributed by atoms with Crippen molar-refractivity contribution < 1.29 is 0 Å². The quantitative estimate of drug-likeness (QED) is 0.749. The third kappa shape index (κ3) is 1.91. The van der Waals surface area contributed by atoms with Crippen molar-refractivity contribution in [2.75, 3.05) is 0 Å². The Kier molecular flexibility index (Phi) is 3.48. The summed E-state index contributed by atoms with van der Waals surface area (Å²) in [5, 5.41) is 8.06. The molecule has 0 saturated heterocycles. The molecule has 1 aromatic carbocycles. The summed E-state index contributed by atoms with van der Waals surface area (Å²) in [4.78, 5) is 0. The summed E-state index contributed by atoms with van der Waals surface area (Å²) in [7, 11) is 0. The average molecular weight is 241 g/mol. The van der Waals surface area contributed by atoms with E-state index in [-0.39, 0.29) is 0 Å². The third-order valence-electron chi connectivity index (χ3n) is 1.77. The van der Waals surface area contributed by atoms with Crippen LogP contribution >= 0.6 is 15.9 Å². The molecule has 0 unspecified atom stereocenters. The number of aromatic amines is 1. The minimum atomic E-state index is 1.09. The molecule has 0 bridgehead atoms. The van der Waals surface area contributed by atoms with Crippen LogP contribution in [0.3, 0.4) is 0 Å². The SMILES string of the molecule is CC.Cc1ccc(Br)c2cn[nH]c12. The fraction of sp³-hybridized carbons (Fsp3) is 0.300. The van der Waals surface area contributed by atoms with Crippen molar-refractivity contribution in [1.82, 2.24) is 10.2 Å². The van der Waals surface area contributed by atoms with E-state index in [0.29, 0.717) is 0 Å². The molecule has 0 aliphatic carbocycles. The molecular weight excluding hydrogens is 228 g/mol. The predicted molar refractivity (Wildman–Crippen MR) is 59.9 cm³/mol. The van der Waals surface area contributed by atoms with Gasteiger partial charge in [-0.25, -0.2) is 0 Å². The molecule has 0 radical (unpaired) electrons. The number of nitrogens with one attached hydrogen (secondary N) is 1. The first-order valence-electron chi connectivity index (χ1n) is 4.37. The van der Waals surface area contributed by atoms with Crippen molar-refractivity contribution in [3.05, 3.63) is 28.4 Å². The Labute approximate surface area is 86.5 Å². The molecule has 0 fully saturated rings. The van der Waals surface area contributed by atoms with Crippen LogP contribution < -0.4 is 0 Å². The molecule has 13 heavy (non-hydrogen) atoms. The van der Waals surface area contributed by atoms with Crippen LogP contribution in [0.5, 0.6) is 0 Å². The molecule has 3 heteroatoms. The van der Waals surface area contributed by atoms with E-state index in [1.165, 1.54) is 5.56 Å². The molecule has 2 aromatic rings. The molecule has 1 heterocycles. The predicted octanol–water partition coefficient (Wildman–Crippen LogP) is 3.66. The van der Waals surface area contributed by atoms with Crippen molar-refractivity contribution in [3.63, 3.8) is 0 Å². The Bertz CT molecular complexity index is 357. The van der Waals surface area contributed by atoms with Crippen LogP contribution in [0.2, 0.25) is 0 Å². The van der Waals surface area contributed by atoms with E-state index in [1.54, 1.807) is 0 Å². The lowest BCUT2D eigenvalue weighted by Gasteiger charge is -1.95. The van der Waals surface area contributed by atoms with Crippen LogP contribution in [0.1, 0.15) is 19.4 Å². The first-order valence-corrected chi connectivity index (χ1v) is 5.16. The highest BCUT2D eigenvalue weighted by Gasteiger charge is 2.01. The van der Waals surface area contributed by atoms with E-state index < -0.39 is 0 Å². The lowest BCUT2D eigenvalue weighted by atomic mass is 10.2. The van der Waals surface area contributed by atoms with E-state index in [9.17, 15) is 0 Å². The molecule has 1 aromatic heterocycles. The van der Waals surface area contributed by atoms with E-state index in [4.69, 9.17) is 0 Å². The van der Waals surface area contributed by atoms with Crippen LogP contribution in [0, 0.1) is 6.92 Å². The number of benzene rings is 1. The van der Waals surface area contributed by atoms with E-state index in [1.807, 2.05) is 26.1 Å². The van der Waals surface area contributed by atoms with Crippen molar-refractivity contribution >= 4 is 26.8 Å². The van der Waals surface area contributed by atoms with Gasteiger partial charge in [0, 0.05) is 9.86 Å². The summed E-state index contributed by atoms with van der Waals surface area (Å²) in [5.41, 5.74) is 2.33. The Morgan fingerprint density at radius 1 is 1.31 bits per heavy atom. The van der Waals surface area contributed by atoms with Gasteiger partial charge >= 0.3 is 0 Å². The number of hydrogen-bond acceptors (Lipinski definition) is 1. The van der Waals surface area contributed by atoms with Crippen LogP contribution in [0.15, 0.2) is 22.8 Å². The molecule has 1 N–H and O–H groups in total. The molecule has 0 saturated carbocycles. The molecule has 0 aliphatic rings. The third-order valence-corrected chi connectivity index (χ3v) is 2.46. The summed E-state index contributed by atoms with van der Waals surface area (Å²) in [6.07, 6.45) is 1.83. The second kappa shape index (κ2) is 4.42. The van der Waals surface area contributed by atoms with Gasteiger partial charge in [-0.05, 0) is 18.6 Å². The molecule has 0 atom stereocenters. The minimum absolute atomic E-state index is 1.09. The summed E-state index contributed by atoms with van der Waals surface area (Å²) >= 11 is 3.45. The highest BCUT2D eigenvalue weighted by Crippen LogP contribution is 2.23. The molecule has 0 aliphatic heterocycles. The highest BCUT2D eigenvalue weighted by molar-refractivity contribution is 9.10. The maximum Gasteiger partial charge on any atom is 0.0690 e. The van der Waals surface area contributed by atoms with Crippen LogP contribution in [0.25, 0.3) is 10.9 Å². The number of H-pyrrole nitrogens is 1.